The van der Waals surface area contributed by atoms with Gasteiger partial charge in [-0.25, -0.2) is 4.79 Å². The number of aromatic nitrogens is 2. The van der Waals surface area contributed by atoms with E-state index < -0.39 is 17.5 Å². The molecule has 1 amide bonds. The molecule has 0 spiro atoms. The van der Waals surface area contributed by atoms with Crippen molar-refractivity contribution >= 4 is 36.8 Å². The van der Waals surface area contributed by atoms with Crippen molar-refractivity contribution in [3.63, 3.8) is 0 Å². The first-order valence-corrected chi connectivity index (χ1v) is 14.8. The number of aryl methyl sites for hydroxylation is 2. The fourth-order valence-corrected chi connectivity index (χ4v) is 5.57. The number of carboxylic acids is 1. The molecule has 2 heterocycles. The molecular weight excluding hydrogens is 557 g/mol. The lowest BCUT2D eigenvalue weighted by atomic mass is 9.66. The molecule has 1 aromatic heterocycles. The molecule has 0 fully saturated rings. The van der Waals surface area contributed by atoms with Crippen LogP contribution in [0.1, 0.15) is 59.1 Å². The lowest BCUT2D eigenvalue weighted by molar-refractivity contribution is -0.139. The van der Waals surface area contributed by atoms with Crippen LogP contribution in [0.4, 0.5) is 0 Å². The van der Waals surface area contributed by atoms with E-state index in [1.165, 1.54) is 0 Å². The summed E-state index contributed by atoms with van der Waals surface area (Å²) in [7, 11) is 16.9. The molecule has 43 heavy (non-hydrogen) atoms. The largest absolute Gasteiger partial charge is 0.482 e. The average molecular weight is 594 g/mol. The highest BCUT2D eigenvalue weighted by Crippen LogP contribution is 2.38. The van der Waals surface area contributed by atoms with Crippen LogP contribution >= 0.6 is 9.24 Å². The van der Waals surface area contributed by atoms with Gasteiger partial charge in [-0.15, -0.1) is 9.24 Å². The summed E-state index contributed by atoms with van der Waals surface area (Å²) in [6.45, 7) is 10.8. The molecule has 0 saturated carbocycles. The van der Waals surface area contributed by atoms with Gasteiger partial charge in [-0.05, 0) is 78.3 Å². The summed E-state index contributed by atoms with van der Waals surface area (Å²) in [6.07, 6.45) is 7.18. The third-order valence-electron chi connectivity index (χ3n) is 7.41. The van der Waals surface area contributed by atoms with E-state index in [0.29, 0.717) is 36.5 Å². The van der Waals surface area contributed by atoms with Crippen LogP contribution in [0.15, 0.2) is 61.1 Å². The predicted molar refractivity (Wildman–Crippen MR) is 174 cm³/mol. The summed E-state index contributed by atoms with van der Waals surface area (Å²) in [5, 5.41) is 13.7. The molecule has 8 nitrogen and oxygen atoms in total. The molecular formula is C32H37B2N4O4P. The summed E-state index contributed by atoms with van der Waals surface area (Å²) in [6, 6.07) is 9.71. The van der Waals surface area contributed by atoms with Crippen molar-refractivity contribution in [2.24, 2.45) is 7.05 Å². The Kier molecular flexibility index (Phi) is 9.91. The van der Waals surface area contributed by atoms with Gasteiger partial charge in [0.25, 0.3) is 5.91 Å². The molecule has 2 aromatic carbocycles. The van der Waals surface area contributed by atoms with E-state index in [2.05, 4.69) is 27.0 Å². The number of aliphatic carboxylic acids is 1. The number of allylic oxidation sites excluding steroid dienone is 2. The molecule has 1 aliphatic rings. The number of amides is 1. The Balaban J connectivity index is 1.81. The van der Waals surface area contributed by atoms with E-state index in [0.717, 1.165) is 45.5 Å². The van der Waals surface area contributed by atoms with Crippen LogP contribution in [0.3, 0.4) is 0 Å². The average Bonchev–Trinajstić information content (AvgIpc) is 3.35. The molecule has 0 aliphatic carbocycles. The number of carbonyl (C=O) groups is 2. The third-order valence-corrected chi connectivity index (χ3v) is 7.68. The fraction of sp³-hybridized carbons (Fsp3) is 0.344. The number of benzene rings is 2. The topological polar surface area (TPSA) is 87.9 Å². The SMILES string of the molecule is [B]C([B])(P)c1nn(C)cc1-c1cc(CN(/C=C\C)C(=C)C)cc2c1CCN(Cc1cc(CC)ccc1OCC(=O)O)C2=O. The number of hydrogen-bond acceptors (Lipinski definition) is 5. The number of ether oxygens (including phenoxy) is 1. The van der Waals surface area contributed by atoms with E-state index in [9.17, 15) is 9.59 Å². The zero-order valence-electron chi connectivity index (χ0n) is 25.3. The maximum Gasteiger partial charge on any atom is 0.341 e. The summed E-state index contributed by atoms with van der Waals surface area (Å²) in [4.78, 5) is 27.9. The molecule has 0 bridgehead atoms. The monoisotopic (exact) mass is 594 g/mol. The minimum absolute atomic E-state index is 0.119. The van der Waals surface area contributed by atoms with Gasteiger partial charge in [0.05, 0.1) is 21.4 Å². The summed E-state index contributed by atoms with van der Waals surface area (Å²) in [5.41, 5.74) is 7.28. The van der Waals surface area contributed by atoms with Gasteiger partial charge in [0.2, 0.25) is 0 Å². The molecule has 1 unspecified atom stereocenters. The Bertz CT molecular complexity index is 1580. The quantitative estimate of drug-likeness (QED) is 0.246. The van der Waals surface area contributed by atoms with Gasteiger partial charge in [0.1, 0.15) is 5.75 Å². The lowest BCUT2D eigenvalue weighted by Gasteiger charge is -2.32. The van der Waals surface area contributed by atoms with Gasteiger partial charge in [-0.3, -0.25) is 9.48 Å². The fourth-order valence-electron chi connectivity index (χ4n) is 5.35. The molecule has 11 heteroatoms. The first-order chi connectivity index (χ1) is 20.3. The molecule has 4 radical (unpaired) electrons. The Labute approximate surface area is 258 Å². The van der Waals surface area contributed by atoms with E-state index >= 15 is 0 Å². The van der Waals surface area contributed by atoms with Gasteiger partial charge in [-0.1, -0.05) is 31.7 Å². The molecule has 1 N–H and O–H groups in total. The van der Waals surface area contributed by atoms with Crippen molar-refractivity contribution in [1.29, 1.82) is 0 Å². The van der Waals surface area contributed by atoms with Crippen molar-refractivity contribution in [2.75, 3.05) is 13.2 Å². The van der Waals surface area contributed by atoms with Gasteiger partial charge < -0.3 is 19.6 Å². The summed E-state index contributed by atoms with van der Waals surface area (Å²) < 4.78 is 7.26. The third kappa shape index (κ3) is 7.42. The summed E-state index contributed by atoms with van der Waals surface area (Å²) in [5.74, 6) is -0.723. The van der Waals surface area contributed by atoms with Crippen LogP contribution in [0.25, 0.3) is 11.1 Å². The molecule has 1 atom stereocenters. The van der Waals surface area contributed by atoms with Gasteiger partial charge in [0, 0.05) is 55.3 Å². The number of carboxylic acid groups (broad SMARTS) is 1. The summed E-state index contributed by atoms with van der Waals surface area (Å²) >= 11 is 0. The first kappa shape index (κ1) is 32.2. The second-order valence-corrected chi connectivity index (χ2v) is 11.9. The molecule has 220 valence electrons. The number of carbonyl (C=O) groups excluding carboxylic acids is 1. The van der Waals surface area contributed by atoms with Crippen molar-refractivity contribution in [3.05, 3.63) is 94.6 Å². The Morgan fingerprint density at radius 1 is 1.23 bits per heavy atom. The zero-order valence-corrected chi connectivity index (χ0v) is 26.4. The normalized spacial score (nSPS) is 13.3. The van der Waals surface area contributed by atoms with Crippen molar-refractivity contribution in [2.45, 2.75) is 51.7 Å². The first-order valence-electron chi connectivity index (χ1n) is 14.2. The minimum Gasteiger partial charge on any atom is -0.482 e. The van der Waals surface area contributed by atoms with Crippen LogP contribution in [-0.4, -0.2) is 65.4 Å². The maximum absolute atomic E-state index is 14.2. The van der Waals surface area contributed by atoms with E-state index in [1.54, 1.807) is 15.6 Å². The molecule has 3 aromatic rings. The lowest BCUT2D eigenvalue weighted by Crippen LogP contribution is -2.37. The van der Waals surface area contributed by atoms with Crippen LogP contribution in [0.2, 0.25) is 0 Å². The second kappa shape index (κ2) is 13.3. The number of hydrogen-bond donors (Lipinski definition) is 1. The molecule has 4 rings (SSSR count). The van der Waals surface area contributed by atoms with Crippen LogP contribution in [0, 0.1) is 0 Å². The standard InChI is InChI=1S/C32H37B2N4O4P/c1-6-11-37(20(3)4)16-22-14-25(27-18-36(5)35-30(27)32(33,34)43)24-10-12-38(31(41)26(24)15-22)17-23-13-21(7-2)8-9-28(23)42-19-29(39)40/h6,8-9,11,13-15,18H,3,7,10,12,16-17,19,43H2,1-2,4-5H3,(H,39,40)/b11-6-. The van der Waals surface area contributed by atoms with E-state index in [4.69, 9.17) is 25.5 Å². The Morgan fingerprint density at radius 2 is 1.95 bits per heavy atom. The predicted octanol–water partition coefficient (Wildman–Crippen LogP) is 4.50. The van der Waals surface area contributed by atoms with Crippen LogP contribution in [-0.2, 0) is 42.7 Å². The second-order valence-electron chi connectivity index (χ2n) is 11.0. The van der Waals surface area contributed by atoms with Crippen molar-refractivity contribution in [3.8, 4) is 16.9 Å². The van der Waals surface area contributed by atoms with Crippen molar-refractivity contribution in [1.82, 2.24) is 19.6 Å². The highest BCUT2D eigenvalue weighted by molar-refractivity contribution is 7.25. The Hall–Kier alpha value is -3.77. The zero-order chi connectivity index (χ0) is 31.5. The minimum atomic E-state index is -1.27. The molecule has 0 saturated heterocycles. The van der Waals surface area contributed by atoms with Crippen LogP contribution < -0.4 is 4.74 Å². The van der Waals surface area contributed by atoms with Gasteiger partial charge >= 0.3 is 5.97 Å². The van der Waals surface area contributed by atoms with Gasteiger partial charge in [0.15, 0.2) is 6.61 Å². The van der Waals surface area contributed by atoms with E-state index in [1.807, 2.05) is 69.4 Å². The highest BCUT2D eigenvalue weighted by Gasteiger charge is 2.31. The molecule has 1 aliphatic heterocycles. The van der Waals surface area contributed by atoms with Gasteiger partial charge in [-0.2, -0.15) is 5.10 Å². The smallest absolute Gasteiger partial charge is 0.341 e. The number of fused-ring (bicyclic) bond motifs is 1. The van der Waals surface area contributed by atoms with Crippen LogP contribution in [0.5, 0.6) is 5.75 Å². The maximum atomic E-state index is 14.2. The number of rotatable bonds is 12. The highest BCUT2D eigenvalue weighted by atomic mass is 31.0. The van der Waals surface area contributed by atoms with E-state index in [-0.39, 0.29) is 12.5 Å². The van der Waals surface area contributed by atoms with Crippen molar-refractivity contribution < 1.29 is 19.4 Å². The number of nitrogens with zero attached hydrogens (tertiary/aromatic N) is 4. The Morgan fingerprint density at radius 3 is 2.58 bits per heavy atom.